The Hall–Kier alpha value is -4.31. The predicted octanol–water partition coefficient (Wildman–Crippen LogP) is 17.3. The normalized spacial score (nSPS) is 13.7. The van der Waals surface area contributed by atoms with Crippen molar-refractivity contribution in [3.8, 4) is 0 Å². The van der Waals surface area contributed by atoms with Crippen molar-refractivity contribution >= 4 is 17.9 Å². The molecule has 0 heterocycles. The first kappa shape index (κ1) is 69.7. The Morgan fingerprint density at radius 1 is 0.419 bits per heavy atom. The SMILES string of the molecule is CC/C=C\C/C=C\C/C=C\C/C=C\C/C=C\C/C=C\C/C=C\C/C=C\C/C=C\C/C=C\CCCCCCCCCCC(=O)OC(COC(=O)CCCCCCCCCCCC)COC(OCC[N+](C)(C)C)C(=O)O. The molecule has 0 saturated carbocycles. The van der Waals surface area contributed by atoms with Crippen molar-refractivity contribution in [3.05, 3.63) is 122 Å². The minimum Gasteiger partial charge on any atom is -0.477 e. The molecule has 0 fully saturated rings. The second-order valence-electron chi connectivity index (χ2n) is 20.2. The summed E-state index contributed by atoms with van der Waals surface area (Å²) in [6.07, 6.45) is 74.4. The zero-order valence-electron chi connectivity index (χ0n) is 47.7. The summed E-state index contributed by atoms with van der Waals surface area (Å²) in [7, 11) is 5.95. The molecule has 0 aromatic carbocycles. The second-order valence-corrected chi connectivity index (χ2v) is 20.2. The van der Waals surface area contributed by atoms with Crippen molar-refractivity contribution in [2.24, 2.45) is 0 Å². The molecule has 0 saturated heterocycles. The molecule has 0 rings (SSSR count). The number of hydrogen-bond acceptors (Lipinski definition) is 7. The van der Waals surface area contributed by atoms with E-state index < -0.39 is 24.3 Å². The quantitative estimate of drug-likeness (QED) is 0.0211. The van der Waals surface area contributed by atoms with Gasteiger partial charge in [-0.05, 0) is 89.9 Å². The summed E-state index contributed by atoms with van der Waals surface area (Å²) >= 11 is 0. The van der Waals surface area contributed by atoms with Gasteiger partial charge in [-0.2, -0.15) is 0 Å². The summed E-state index contributed by atoms with van der Waals surface area (Å²) in [5.41, 5.74) is 0. The smallest absolute Gasteiger partial charge is 0.361 e. The van der Waals surface area contributed by atoms with Gasteiger partial charge in [0.05, 0.1) is 34.4 Å². The molecular weight excluding hydrogens is 923 g/mol. The number of likely N-dealkylation sites (N-methyl/N-ethyl adjacent to an activating group) is 1. The van der Waals surface area contributed by atoms with Crippen molar-refractivity contribution in [1.29, 1.82) is 0 Å². The Labute approximate surface area is 453 Å². The van der Waals surface area contributed by atoms with Gasteiger partial charge >= 0.3 is 17.9 Å². The van der Waals surface area contributed by atoms with E-state index in [2.05, 4.69) is 135 Å². The molecule has 0 aromatic heterocycles. The molecule has 74 heavy (non-hydrogen) atoms. The maximum Gasteiger partial charge on any atom is 0.361 e. The highest BCUT2D eigenvalue weighted by molar-refractivity contribution is 5.71. The second kappa shape index (κ2) is 54.9. The predicted molar refractivity (Wildman–Crippen MR) is 313 cm³/mol. The number of quaternary nitrogens is 1. The molecule has 0 radical (unpaired) electrons. The van der Waals surface area contributed by atoms with Crippen LogP contribution in [-0.4, -0.2) is 87.4 Å². The van der Waals surface area contributed by atoms with E-state index in [0.717, 1.165) is 109 Å². The van der Waals surface area contributed by atoms with E-state index in [9.17, 15) is 19.5 Å². The highest BCUT2D eigenvalue weighted by Crippen LogP contribution is 2.14. The number of hydrogen-bond donors (Lipinski definition) is 1. The summed E-state index contributed by atoms with van der Waals surface area (Å²) in [4.78, 5) is 37.2. The van der Waals surface area contributed by atoms with Gasteiger partial charge in [-0.25, -0.2) is 4.79 Å². The molecule has 420 valence electrons. The third-order valence-electron chi connectivity index (χ3n) is 12.0. The first-order valence-corrected chi connectivity index (χ1v) is 29.2. The van der Waals surface area contributed by atoms with E-state index in [1.54, 1.807) is 0 Å². The fourth-order valence-electron chi connectivity index (χ4n) is 7.51. The largest absolute Gasteiger partial charge is 0.477 e. The lowest BCUT2D eigenvalue weighted by molar-refractivity contribution is -0.870. The average molecular weight is 1030 g/mol. The molecule has 0 aliphatic heterocycles. The molecule has 2 unspecified atom stereocenters. The molecule has 2 atom stereocenters. The van der Waals surface area contributed by atoms with Crippen LogP contribution in [0, 0.1) is 0 Å². The third kappa shape index (κ3) is 55.4. The molecule has 0 spiro atoms. The fraction of sp³-hybridized carbons (Fsp3) is 0.646. The Morgan fingerprint density at radius 3 is 1.15 bits per heavy atom. The molecule has 9 heteroatoms. The van der Waals surface area contributed by atoms with Crippen LogP contribution in [0.3, 0.4) is 0 Å². The molecule has 9 nitrogen and oxygen atoms in total. The van der Waals surface area contributed by atoms with Crippen molar-refractivity contribution < 1.29 is 42.9 Å². The van der Waals surface area contributed by atoms with Crippen molar-refractivity contribution in [2.45, 2.75) is 225 Å². The first-order valence-electron chi connectivity index (χ1n) is 29.2. The number of unbranched alkanes of at least 4 members (excludes halogenated alkanes) is 17. The van der Waals surface area contributed by atoms with E-state index in [1.807, 2.05) is 21.1 Å². The summed E-state index contributed by atoms with van der Waals surface area (Å²) < 4.78 is 22.8. The molecule has 0 amide bonds. The standard InChI is InChI=1S/C65H107NO8/c1-6-8-10-12-14-16-18-19-20-21-22-23-24-25-26-27-28-29-30-31-32-33-34-35-36-37-38-39-40-41-42-43-44-45-46-48-50-52-54-56-63(68)74-61(60-73-65(64(69)70)71-58-57-66(3,4)5)59-72-62(67)55-53-51-49-47-17-15-13-11-9-7-2/h8,10,14,16,19-20,22-23,25-26,28-29,31-32,34-35,37-38,40-41,61,65H,6-7,9,11-13,15,17-18,21,24,27,30,33,36,39,42-60H2,1-5H3/p+1/b10-8-,16-14-,20-19-,23-22-,26-25-,29-28-,32-31-,35-34-,38-37-,41-40-. The van der Waals surface area contributed by atoms with Crippen LogP contribution < -0.4 is 0 Å². The number of carboxylic acid groups (broad SMARTS) is 1. The number of rotatable bonds is 52. The Bertz CT molecular complexity index is 1620. The summed E-state index contributed by atoms with van der Waals surface area (Å²) in [6, 6.07) is 0. The van der Waals surface area contributed by atoms with Gasteiger partial charge in [0.1, 0.15) is 13.2 Å². The van der Waals surface area contributed by atoms with Gasteiger partial charge in [0.15, 0.2) is 6.10 Å². The van der Waals surface area contributed by atoms with Crippen LogP contribution >= 0.6 is 0 Å². The lowest BCUT2D eigenvalue weighted by atomic mass is 10.1. The van der Waals surface area contributed by atoms with Gasteiger partial charge in [-0.15, -0.1) is 0 Å². The van der Waals surface area contributed by atoms with Gasteiger partial charge < -0.3 is 28.5 Å². The average Bonchev–Trinajstić information content (AvgIpc) is 3.37. The summed E-state index contributed by atoms with van der Waals surface area (Å²) in [5, 5.41) is 9.67. The van der Waals surface area contributed by atoms with Crippen LogP contribution in [0.15, 0.2) is 122 Å². The van der Waals surface area contributed by atoms with E-state index in [4.69, 9.17) is 18.9 Å². The number of carbonyl (C=O) groups is 3. The monoisotopic (exact) mass is 1030 g/mol. The van der Waals surface area contributed by atoms with Crippen molar-refractivity contribution in [3.63, 3.8) is 0 Å². The lowest BCUT2D eigenvalue weighted by Gasteiger charge is -2.25. The van der Waals surface area contributed by atoms with Crippen molar-refractivity contribution in [1.82, 2.24) is 0 Å². The van der Waals surface area contributed by atoms with Gasteiger partial charge in [0.2, 0.25) is 0 Å². The van der Waals surface area contributed by atoms with Crippen LogP contribution in [0.2, 0.25) is 0 Å². The third-order valence-corrected chi connectivity index (χ3v) is 12.0. The minimum absolute atomic E-state index is 0.181. The molecular formula is C65H108NO8+. The summed E-state index contributed by atoms with van der Waals surface area (Å²) in [6.45, 7) is 4.72. The number of esters is 2. The van der Waals surface area contributed by atoms with Crippen LogP contribution in [-0.2, 0) is 33.3 Å². The molecule has 1 N–H and O–H groups in total. The lowest BCUT2D eigenvalue weighted by Crippen LogP contribution is -2.40. The summed E-state index contributed by atoms with van der Waals surface area (Å²) in [5.74, 6) is -2.03. The number of carboxylic acids is 1. The first-order chi connectivity index (χ1) is 36.1. The fourth-order valence-corrected chi connectivity index (χ4v) is 7.51. The number of carbonyl (C=O) groups excluding carboxylic acids is 2. The minimum atomic E-state index is -1.52. The molecule has 0 aliphatic rings. The van der Waals surface area contributed by atoms with Gasteiger partial charge in [0, 0.05) is 12.8 Å². The number of allylic oxidation sites excluding steroid dienone is 20. The zero-order chi connectivity index (χ0) is 54.1. The van der Waals surface area contributed by atoms with Gasteiger partial charge in [-0.1, -0.05) is 232 Å². The van der Waals surface area contributed by atoms with E-state index in [-0.39, 0.29) is 32.2 Å². The van der Waals surface area contributed by atoms with Crippen LogP contribution in [0.4, 0.5) is 0 Å². The number of nitrogens with zero attached hydrogens (tertiary/aromatic N) is 1. The highest BCUT2D eigenvalue weighted by atomic mass is 16.7. The van der Waals surface area contributed by atoms with Crippen LogP contribution in [0.25, 0.3) is 0 Å². The Morgan fingerprint density at radius 2 is 0.770 bits per heavy atom. The van der Waals surface area contributed by atoms with E-state index >= 15 is 0 Å². The van der Waals surface area contributed by atoms with Crippen molar-refractivity contribution in [2.75, 3.05) is 47.5 Å². The Balaban J connectivity index is 4.14. The molecule has 0 bridgehead atoms. The number of ether oxygens (including phenoxy) is 4. The van der Waals surface area contributed by atoms with Gasteiger partial charge in [-0.3, -0.25) is 9.59 Å². The zero-order valence-corrected chi connectivity index (χ0v) is 47.7. The molecule has 0 aliphatic carbocycles. The molecule has 0 aromatic rings. The van der Waals surface area contributed by atoms with Crippen LogP contribution in [0.5, 0.6) is 0 Å². The van der Waals surface area contributed by atoms with E-state index in [1.165, 1.54) is 70.6 Å². The maximum atomic E-state index is 12.8. The Kier molecular flexibility index (Phi) is 51.7. The van der Waals surface area contributed by atoms with Gasteiger partial charge in [0.25, 0.3) is 6.29 Å². The van der Waals surface area contributed by atoms with Crippen LogP contribution in [0.1, 0.15) is 213 Å². The topological polar surface area (TPSA) is 108 Å². The van der Waals surface area contributed by atoms with E-state index in [0.29, 0.717) is 23.9 Å². The highest BCUT2D eigenvalue weighted by Gasteiger charge is 2.25. The maximum absolute atomic E-state index is 12.8. The number of aliphatic carboxylic acids is 1.